The number of methoxy groups -OCH3 is 1. The van der Waals surface area contributed by atoms with Gasteiger partial charge in [0.1, 0.15) is 5.60 Å². The van der Waals surface area contributed by atoms with E-state index in [2.05, 4.69) is 0 Å². The molecule has 1 aromatic carbocycles. The van der Waals surface area contributed by atoms with Crippen LogP contribution in [-0.4, -0.2) is 61.1 Å². The van der Waals surface area contributed by atoms with E-state index in [4.69, 9.17) is 18.8 Å². The number of piperidine rings is 1. The fraction of sp³-hybridized carbons (Fsp3) is 0.667. The summed E-state index contributed by atoms with van der Waals surface area (Å²) in [6, 6.07) is 5.58. The number of nitrogens with zero attached hydrogens (tertiary/aromatic N) is 1. The Morgan fingerprint density at radius 1 is 1.06 bits per heavy atom. The van der Waals surface area contributed by atoms with Crippen molar-refractivity contribution in [1.29, 1.82) is 0 Å². The highest BCUT2D eigenvalue weighted by atomic mass is 16.7. The summed E-state index contributed by atoms with van der Waals surface area (Å²) in [6.07, 6.45) is 1.32. The van der Waals surface area contributed by atoms with Crippen molar-refractivity contribution >= 4 is 24.6 Å². The average Bonchev–Trinajstić information content (AvgIpc) is 2.93. The van der Waals surface area contributed by atoms with Crippen LogP contribution in [0.5, 0.6) is 0 Å². The lowest BCUT2D eigenvalue weighted by Gasteiger charge is -2.34. The topological polar surface area (TPSA) is 74.3 Å². The molecule has 2 aliphatic heterocycles. The van der Waals surface area contributed by atoms with E-state index in [1.165, 1.54) is 7.11 Å². The van der Waals surface area contributed by atoms with Crippen molar-refractivity contribution < 1.29 is 28.4 Å². The first-order valence-corrected chi connectivity index (χ1v) is 11.3. The third-order valence-electron chi connectivity index (χ3n) is 6.60. The Balaban J connectivity index is 1.84. The van der Waals surface area contributed by atoms with E-state index in [1.807, 2.05) is 60.6 Å². The van der Waals surface area contributed by atoms with Crippen LogP contribution in [0.3, 0.4) is 0 Å². The largest absolute Gasteiger partial charge is 0.495 e. The van der Waals surface area contributed by atoms with Crippen LogP contribution in [0, 0.1) is 0 Å². The number of rotatable bonds is 3. The first-order chi connectivity index (χ1) is 14.7. The molecule has 0 unspecified atom stereocenters. The molecule has 7 nitrogen and oxygen atoms in total. The molecule has 8 heteroatoms. The molecule has 32 heavy (non-hydrogen) atoms. The molecule has 0 aromatic heterocycles. The maximum atomic E-state index is 12.4. The van der Waals surface area contributed by atoms with Crippen LogP contribution in [-0.2, 0) is 18.8 Å². The monoisotopic (exact) mass is 445 g/mol. The van der Waals surface area contributed by atoms with Crippen molar-refractivity contribution in [3.8, 4) is 0 Å². The molecule has 0 N–H and O–H groups in total. The van der Waals surface area contributed by atoms with E-state index in [0.717, 1.165) is 23.9 Å². The van der Waals surface area contributed by atoms with Crippen LogP contribution >= 0.6 is 0 Å². The number of ether oxygens (including phenoxy) is 2. The van der Waals surface area contributed by atoms with Gasteiger partial charge in [-0.2, -0.15) is 0 Å². The van der Waals surface area contributed by atoms with E-state index >= 15 is 0 Å². The second kappa shape index (κ2) is 8.71. The molecule has 2 fully saturated rings. The Bertz CT molecular complexity index is 852. The number of amides is 1. The molecule has 0 aliphatic carbocycles. The highest BCUT2D eigenvalue weighted by Crippen LogP contribution is 2.38. The second-order valence-corrected chi connectivity index (χ2v) is 10.7. The van der Waals surface area contributed by atoms with Crippen LogP contribution < -0.4 is 5.46 Å². The van der Waals surface area contributed by atoms with Crippen LogP contribution in [0.25, 0.3) is 0 Å². The molecule has 2 aliphatic rings. The van der Waals surface area contributed by atoms with Crippen molar-refractivity contribution in [2.24, 2.45) is 0 Å². The van der Waals surface area contributed by atoms with Gasteiger partial charge in [0.05, 0.1) is 23.9 Å². The molecular weight excluding hydrogens is 409 g/mol. The zero-order chi connectivity index (χ0) is 23.9. The lowest BCUT2D eigenvalue weighted by molar-refractivity contribution is 0.00578. The van der Waals surface area contributed by atoms with E-state index in [9.17, 15) is 9.59 Å². The summed E-state index contributed by atoms with van der Waals surface area (Å²) < 4.78 is 23.1. The lowest BCUT2D eigenvalue weighted by Crippen LogP contribution is -2.43. The van der Waals surface area contributed by atoms with Crippen molar-refractivity contribution in [3.05, 3.63) is 29.3 Å². The predicted octanol–water partition coefficient (Wildman–Crippen LogP) is 3.89. The minimum Gasteiger partial charge on any atom is -0.465 e. The van der Waals surface area contributed by atoms with E-state index < -0.39 is 29.9 Å². The molecule has 3 rings (SSSR count). The van der Waals surface area contributed by atoms with E-state index in [-0.39, 0.29) is 12.0 Å². The average molecular weight is 445 g/mol. The SMILES string of the molecule is COC(=O)c1ccc(C2CCN(C(=O)OC(C)(C)C)CC2)c(B2OC(C)(C)C(C)(C)O2)c1. The summed E-state index contributed by atoms with van der Waals surface area (Å²) >= 11 is 0. The van der Waals surface area contributed by atoms with Gasteiger partial charge in [-0.15, -0.1) is 0 Å². The molecule has 0 bridgehead atoms. The third-order valence-corrected chi connectivity index (χ3v) is 6.60. The van der Waals surface area contributed by atoms with Gasteiger partial charge in [-0.05, 0) is 90.4 Å². The van der Waals surface area contributed by atoms with Gasteiger partial charge in [0.2, 0.25) is 0 Å². The molecular formula is C24H36BNO6. The van der Waals surface area contributed by atoms with Gasteiger partial charge in [0.15, 0.2) is 0 Å². The van der Waals surface area contributed by atoms with Gasteiger partial charge >= 0.3 is 19.2 Å². The Kier molecular flexibility index (Phi) is 6.69. The van der Waals surface area contributed by atoms with Gasteiger partial charge in [-0.25, -0.2) is 9.59 Å². The Labute approximate surface area is 191 Å². The standard InChI is InChI=1S/C24H36BNO6/c1-22(2,3)30-21(28)26-13-11-16(12-14-26)18-10-9-17(20(27)29-8)15-19(18)25-31-23(4,5)24(6,7)32-25/h9-10,15-16H,11-14H2,1-8H3. The van der Waals surface area contributed by atoms with Crippen LogP contribution in [0.1, 0.15) is 83.1 Å². The van der Waals surface area contributed by atoms with Gasteiger partial charge in [0.25, 0.3) is 0 Å². The fourth-order valence-corrected chi connectivity index (χ4v) is 4.07. The number of esters is 1. The fourth-order valence-electron chi connectivity index (χ4n) is 4.07. The molecule has 0 spiro atoms. The van der Waals surface area contributed by atoms with Crippen LogP contribution in [0.15, 0.2) is 18.2 Å². The number of hydrogen-bond donors (Lipinski definition) is 0. The van der Waals surface area contributed by atoms with Crippen molar-refractivity contribution in [1.82, 2.24) is 4.90 Å². The Morgan fingerprint density at radius 3 is 2.12 bits per heavy atom. The number of benzene rings is 1. The summed E-state index contributed by atoms with van der Waals surface area (Å²) in [4.78, 5) is 26.4. The Hall–Kier alpha value is -2.06. The minimum atomic E-state index is -0.580. The van der Waals surface area contributed by atoms with Crippen molar-refractivity contribution in [2.75, 3.05) is 20.2 Å². The first-order valence-electron chi connectivity index (χ1n) is 11.3. The highest BCUT2D eigenvalue weighted by Gasteiger charge is 2.52. The molecule has 176 valence electrons. The zero-order valence-corrected chi connectivity index (χ0v) is 20.6. The van der Waals surface area contributed by atoms with Gasteiger partial charge < -0.3 is 23.7 Å². The molecule has 0 saturated carbocycles. The number of hydrogen-bond acceptors (Lipinski definition) is 6. The Morgan fingerprint density at radius 2 is 1.62 bits per heavy atom. The molecule has 1 amide bonds. The summed E-state index contributed by atoms with van der Waals surface area (Å²) in [7, 11) is 0.792. The number of carbonyl (C=O) groups is 2. The maximum absolute atomic E-state index is 12.4. The molecule has 0 atom stereocenters. The molecule has 2 heterocycles. The predicted molar refractivity (Wildman–Crippen MR) is 123 cm³/mol. The number of carbonyl (C=O) groups excluding carboxylic acids is 2. The van der Waals surface area contributed by atoms with Crippen LogP contribution in [0.2, 0.25) is 0 Å². The van der Waals surface area contributed by atoms with Gasteiger partial charge in [-0.3, -0.25) is 0 Å². The molecule has 1 aromatic rings. The van der Waals surface area contributed by atoms with E-state index in [0.29, 0.717) is 18.7 Å². The summed E-state index contributed by atoms with van der Waals surface area (Å²) in [5, 5.41) is 0. The minimum absolute atomic E-state index is 0.217. The van der Waals surface area contributed by atoms with E-state index in [1.54, 1.807) is 11.0 Å². The summed E-state index contributed by atoms with van der Waals surface area (Å²) in [5.41, 5.74) is 0.906. The van der Waals surface area contributed by atoms with Crippen LogP contribution in [0.4, 0.5) is 4.79 Å². The van der Waals surface area contributed by atoms with Crippen molar-refractivity contribution in [3.63, 3.8) is 0 Å². The van der Waals surface area contributed by atoms with Gasteiger partial charge in [-0.1, -0.05) is 6.07 Å². The lowest BCUT2D eigenvalue weighted by atomic mass is 9.71. The smallest absolute Gasteiger partial charge is 0.465 e. The summed E-state index contributed by atoms with van der Waals surface area (Å²) in [5.74, 6) is -0.177. The van der Waals surface area contributed by atoms with Gasteiger partial charge in [0, 0.05) is 13.1 Å². The maximum Gasteiger partial charge on any atom is 0.495 e. The normalized spacial score (nSPS) is 20.9. The zero-order valence-electron chi connectivity index (χ0n) is 20.6. The quantitative estimate of drug-likeness (QED) is 0.519. The van der Waals surface area contributed by atoms with Crippen molar-refractivity contribution in [2.45, 2.75) is 84.0 Å². The number of likely N-dealkylation sites (tertiary alicyclic amines) is 1. The third kappa shape index (κ3) is 5.12. The second-order valence-electron chi connectivity index (χ2n) is 10.7. The highest BCUT2D eigenvalue weighted by molar-refractivity contribution is 6.62. The molecule has 0 radical (unpaired) electrons. The summed E-state index contributed by atoms with van der Waals surface area (Å²) in [6.45, 7) is 14.9. The first kappa shape index (κ1) is 24.6. The molecule has 2 saturated heterocycles.